The Balaban J connectivity index is 2.75. The fraction of sp³-hybridized carbons (Fsp3) is 0.273. The predicted molar refractivity (Wildman–Crippen MR) is 64.0 cm³/mol. The van der Waals surface area contributed by atoms with Crippen LogP contribution in [0.15, 0.2) is 12.3 Å². The van der Waals surface area contributed by atoms with E-state index in [2.05, 4.69) is 16.8 Å². The van der Waals surface area contributed by atoms with Crippen LogP contribution in [0.1, 0.15) is 18.1 Å². The first-order valence-electron chi connectivity index (χ1n) is 4.34. The minimum absolute atomic E-state index is 0.0679. The molecule has 0 saturated heterocycles. The normalized spacial score (nSPS) is 9.27. The molecular weight excluding hydrogens is 230 g/mol. The van der Waals surface area contributed by atoms with Gasteiger partial charge in [0.2, 0.25) is 0 Å². The summed E-state index contributed by atoms with van der Waals surface area (Å²) in [6.45, 7) is 3.45. The summed E-state index contributed by atoms with van der Waals surface area (Å²) in [5.41, 5.74) is 1.73. The monoisotopic (exact) mass is 239 g/mol. The second-order valence-corrected chi connectivity index (χ2v) is 4.39. The number of carbonyl (C=O) groups excluding carboxylic acids is 1. The quantitative estimate of drug-likeness (QED) is 0.558. The second-order valence-electron chi connectivity index (χ2n) is 2.88. The molecule has 1 rings (SSSR count). The third-order valence-corrected chi connectivity index (χ3v) is 2.66. The molecule has 0 spiro atoms. The summed E-state index contributed by atoms with van der Waals surface area (Å²) >= 11 is 7.07. The highest BCUT2D eigenvalue weighted by molar-refractivity contribution is 8.13. The van der Waals surface area contributed by atoms with Crippen LogP contribution in [-0.2, 0) is 4.79 Å². The van der Waals surface area contributed by atoms with Gasteiger partial charge in [-0.2, -0.15) is 0 Å². The molecule has 0 fully saturated rings. The van der Waals surface area contributed by atoms with Gasteiger partial charge in [0, 0.05) is 13.1 Å². The number of rotatable bonds is 1. The van der Waals surface area contributed by atoms with Gasteiger partial charge in [-0.25, -0.2) is 4.98 Å². The van der Waals surface area contributed by atoms with Gasteiger partial charge in [0.25, 0.3) is 0 Å². The van der Waals surface area contributed by atoms with Gasteiger partial charge in [0.1, 0.15) is 5.15 Å². The van der Waals surface area contributed by atoms with Crippen molar-refractivity contribution >= 4 is 28.5 Å². The van der Waals surface area contributed by atoms with Gasteiger partial charge >= 0.3 is 0 Å². The van der Waals surface area contributed by atoms with Gasteiger partial charge in [0.15, 0.2) is 5.12 Å². The van der Waals surface area contributed by atoms with Gasteiger partial charge in [-0.3, -0.25) is 4.79 Å². The second kappa shape index (κ2) is 5.79. The van der Waals surface area contributed by atoms with E-state index in [1.807, 2.05) is 13.0 Å². The maximum Gasteiger partial charge on any atom is 0.186 e. The van der Waals surface area contributed by atoms with Crippen LogP contribution < -0.4 is 0 Å². The van der Waals surface area contributed by atoms with E-state index in [-0.39, 0.29) is 5.12 Å². The van der Waals surface area contributed by atoms with Crippen molar-refractivity contribution in [1.82, 2.24) is 4.98 Å². The number of thioether (sulfide) groups is 1. The number of aryl methyl sites for hydroxylation is 1. The number of carbonyl (C=O) groups is 1. The molecule has 0 atom stereocenters. The van der Waals surface area contributed by atoms with Crippen LogP contribution in [0.25, 0.3) is 0 Å². The summed E-state index contributed by atoms with van der Waals surface area (Å²) < 4.78 is 0. The van der Waals surface area contributed by atoms with Crippen molar-refractivity contribution in [3.05, 3.63) is 28.5 Å². The van der Waals surface area contributed by atoms with Gasteiger partial charge in [-0.05, 0) is 18.6 Å². The molecule has 0 aliphatic carbocycles. The standard InChI is InChI=1S/C11H10ClNOS/c1-8-5-6-13-11(12)10(8)4-3-7-15-9(2)14/h5-6H,7H2,1-2H3. The Kier molecular flexibility index (Phi) is 4.67. The van der Waals surface area contributed by atoms with Crippen LogP contribution in [0, 0.1) is 18.8 Å². The lowest BCUT2D eigenvalue weighted by Gasteiger charge is -1.98. The van der Waals surface area contributed by atoms with Crippen molar-refractivity contribution in [2.24, 2.45) is 0 Å². The Labute approximate surface area is 98.4 Å². The summed E-state index contributed by atoms with van der Waals surface area (Å²) in [5.74, 6) is 6.29. The van der Waals surface area contributed by atoms with Crippen LogP contribution in [0.4, 0.5) is 0 Å². The molecule has 0 radical (unpaired) electrons. The number of aromatic nitrogens is 1. The number of nitrogens with zero attached hydrogens (tertiary/aromatic N) is 1. The van der Waals surface area contributed by atoms with Crippen LogP contribution in [-0.4, -0.2) is 15.9 Å². The van der Waals surface area contributed by atoms with E-state index < -0.39 is 0 Å². The van der Waals surface area contributed by atoms with E-state index in [9.17, 15) is 4.79 Å². The highest BCUT2D eigenvalue weighted by atomic mass is 35.5. The first kappa shape index (κ1) is 12.1. The SMILES string of the molecule is CC(=O)SCC#Cc1c(C)ccnc1Cl. The fourth-order valence-electron chi connectivity index (χ4n) is 0.937. The zero-order valence-corrected chi connectivity index (χ0v) is 10.1. The lowest BCUT2D eigenvalue weighted by molar-refractivity contribution is -0.109. The first-order valence-corrected chi connectivity index (χ1v) is 5.71. The Morgan fingerprint density at radius 3 is 3.00 bits per heavy atom. The molecule has 1 heterocycles. The smallest absolute Gasteiger partial charge is 0.186 e. The molecule has 0 aliphatic heterocycles. The van der Waals surface area contributed by atoms with Crippen LogP contribution in [0.5, 0.6) is 0 Å². The van der Waals surface area contributed by atoms with Crippen LogP contribution in [0.3, 0.4) is 0 Å². The van der Waals surface area contributed by atoms with E-state index in [1.54, 1.807) is 6.20 Å². The molecule has 2 nitrogen and oxygen atoms in total. The zero-order chi connectivity index (χ0) is 11.3. The lowest BCUT2D eigenvalue weighted by atomic mass is 10.2. The average molecular weight is 240 g/mol. The molecule has 78 valence electrons. The molecule has 0 unspecified atom stereocenters. The topological polar surface area (TPSA) is 30.0 Å². The molecule has 1 aromatic rings. The maximum atomic E-state index is 10.6. The number of hydrogen-bond donors (Lipinski definition) is 0. The molecule has 4 heteroatoms. The van der Waals surface area contributed by atoms with Crippen molar-refractivity contribution in [1.29, 1.82) is 0 Å². The number of pyridine rings is 1. The van der Waals surface area contributed by atoms with Gasteiger partial charge < -0.3 is 0 Å². The van der Waals surface area contributed by atoms with E-state index >= 15 is 0 Å². The van der Waals surface area contributed by atoms with Crippen molar-refractivity contribution in [2.75, 3.05) is 5.75 Å². The largest absolute Gasteiger partial charge is 0.288 e. The summed E-state index contributed by atoms with van der Waals surface area (Å²) in [5, 5.41) is 0.480. The third-order valence-electron chi connectivity index (χ3n) is 1.67. The van der Waals surface area contributed by atoms with Crippen molar-refractivity contribution in [2.45, 2.75) is 13.8 Å². The van der Waals surface area contributed by atoms with Gasteiger partial charge in [-0.15, -0.1) is 0 Å². The Morgan fingerprint density at radius 2 is 2.40 bits per heavy atom. The van der Waals surface area contributed by atoms with Crippen LogP contribution in [0.2, 0.25) is 5.15 Å². The fourth-order valence-corrected chi connectivity index (χ4v) is 1.54. The number of hydrogen-bond acceptors (Lipinski definition) is 3. The molecule has 0 amide bonds. The van der Waals surface area contributed by atoms with Crippen molar-refractivity contribution < 1.29 is 4.79 Å². The van der Waals surface area contributed by atoms with Crippen molar-refractivity contribution in [3.8, 4) is 11.8 Å². The average Bonchev–Trinajstić information content (AvgIpc) is 2.15. The highest BCUT2D eigenvalue weighted by Gasteiger charge is 2.00. The molecule has 0 aliphatic rings. The molecule has 15 heavy (non-hydrogen) atoms. The molecule has 0 bridgehead atoms. The van der Waals surface area contributed by atoms with Gasteiger partial charge in [0.05, 0.1) is 11.3 Å². The summed E-state index contributed by atoms with van der Waals surface area (Å²) in [7, 11) is 0. The Hall–Kier alpha value is -0.980. The maximum absolute atomic E-state index is 10.6. The summed E-state index contributed by atoms with van der Waals surface area (Å²) in [4.78, 5) is 14.6. The predicted octanol–water partition coefficient (Wildman–Crippen LogP) is 2.67. The molecule has 0 N–H and O–H groups in total. The molecule has 1 aromatic heterocycles. The van der Waals surface area contributed by atoms with Gasteiger partial charge in [-0.1, -0.05) is 35.2 Å². The van der Waals surface area contributed by atoms with E-state index in [0.717, 1.165) is 11.1 Å². The lowest BCUT2D eigenvalue weighted by Crippen LogP contribution is -1.87. The van der Waals surface area contributed by atoms with E-state index in [4.69, 9.17) is 11.6 Å². The third kappa shape index (κ3) is 3.94. The summed E-state index contributed by atoms with van der Waals surface area (Å²) in [6.07, 6.45) is 1.65. The summed E-state index contributed by atoms with van der Waals surface area (Å²) in [6, 6.07) is 1.86. The minimum Gasteiger partial charge on any atom is -0.288 e. The molecule has 0 saturated carbocycles. The minimum atomic E-state index is 0.0679. The van der Waals surface area contributed by atoms with Crippen LogP contribution >= 0.6 is 23.4 Å². The first-order chi connectivity index (χ1) is 7.11. The zero-order valence-electron chi connectivity index (χ0n) is 8.50. The Bertz CT molecular complexity index is 414. The van der Waals surface area contributed by atoms with E-state index in [1.165, 1.54) is 18.7 Å². The molecule has 0 aromatic carbocycles. The number of halogens is 1. The van der Waals surface area contributed by atoms with E-state index in [0.29, 0.717) is 10.9 Å². The Morgan fingerprint density at radius 1 is 1.67 bits per heavy atom. The molecular formula is C11H10ClNOS. The van der Waals surface area contributed by atoms with Crippen molar-refractivity contribution in [3.63, 3.8) is 0 Å². The highest BCUT2D eigenvalue weighted by Crippen LogP contribution is 2.14.